The summed E-state index contributed by atoms with van der Waals surface area (Å²) in [6.07, 6.45) is 10.5. The van der Waals surface area contributed by atoms with E-state index in [-0.39, 0.29) is 24.2 Å². The van der Waals surface area contributed by atoms with Gasteiger partial charge in [0.05, 0.1) is 17.5 Å². The zero-order valence-corrected chi connectivity index (χ0v) is 26.4. The molecule has 1 atom stereocenters. The van der Waals surface area contributed by atoms with Gasteiger partial charge < -0.3 is 20.2 Å². The highest BCUT2D eigenvalue weighted by atomic mass is 35.5. The number of rotatable bonds is 12. The van der Waals surface area contributed by atoms with Crippen LogP contribution in [0.15, 0.2) is 30.3 Å². The fourth-order valence-corrected chi connectivity index (χ4v) is 7.73. The molecule has 1 aromatic rings. The van der Waals surface area contributed by atoms with E-state index in [1.807, 2.05) is 35.2 Å². The van der Waals surface area contributed by atoms with Gasteiger partial charge in [-0.3, -0.25) is 13.9 Å². The third-order valence-corrected chi connectivity index (χ3v) is 10.3. The quantitative estimate of drug-likeness (QED) is 0.348. The van der Waals surface area contributed by atoms with Crippen LogP contribution in [0.5, 0.6) is 0 Å². The zero-order chi connectivity index (χ0) is 28.8. The van der Waals surface area contributed by atoms with Crippen LogP contribution < -0.4 is 9.62 Å². The van der Waals surface area contributed by atoms with Crippen LogP contribution in [0.3, 0.4) is 0 Å². The first kappa shape index (κ1) is 33.6. The first-order valence-electron chi connectivity index (χ1n) is 15.2. The molecular formula is C30H49ClN4O5S. The van der Waals surface area contributed by atoms with E-state index in [0.29, 0.717) is 64.0 Å². The van der Waals surface area contributed by atoms with E-state index in [9.17, 15) is 23.1 Å². The number of halogens is 1. The maximum Gasteiger partial charge on any atom is 0.246 e. The Bertz CT molecular complexity index is 1110. The molecule has 2 amide bonds. The number of nitrogens with one attached hydrogen (secondary N) is 1. The Morgan fingerprint density at radius 2 is 1.63 bits per heavy atom. The Morgan fingerprint density at radius 3 is 2.24 bits per heavy atom. The summed E-state index contributed by atoms with van der Waals surface area (Å²) in [4.78, 5) is 31.6. The molecule has 2 heterocycles. The Hall–Kier alpha value is -1.88. The number of likely N-dealkylation sites (tertiary alicyclic amines) is 1. The van der Waals surface area contributed by atoms with Crippen molar-refractivity contribution in [3.63, 3.8) is 0 Å². The lowest BCUT2D eigenvalue weighted by Gasteiger charge is -2.52. The molecule has 232 valence electrons. The van der Waals surface area contributed by atoms with Gasteiger partial charge in [-0.1, -0.05) is 50.8 Å². The largest absolute Gasteiger partial charge is 0.390 e. The summed E-state index contributed by atoms with van der Waals surface area (Å²) in [6.45, 7) is 5.34. The van der Waals surface area contributed by atoms with E-state index in [0.717, 1.165) is 51.5 Å². The van der Waals surface area contributed by atoms with Gasteiger partial charge in [-0.05, 0) is 63.6 Å². The fraction of sp³-hybridized carbons (Fsp3) is 0.733. The van der Waals surface area contributed by atoms with E-state index in [4.69, 9.17) is 0 Å². The van der Waals surface area contributed by atoms with Gasteiger partial charge in [0, 0.05) is 32.6 Å². The van der Waals surface area contributed by atoms with Crippen molar-refractivity contribution in [2.24, 2.45) is 0 Å². The normalized spacial score (nSPS) is 22.7. The maximum absolute atomic E-state index is 13.8. The average molecular weight is 613 g/mol. The Labute approximate surface area is 252 Å². The maximum atomic E-state index is 13.8. The molecule has 0 aromatic heterocycles. The lowest BCUT2D eigenvalue weighted by molar-refractivity contribution is -0.163. The van der Waals surface area contributed by atoms with Crippen LogP contribution in [-0.4, -0.2) is 91.3 Å². The number of sulfonamides is 1. The number of para-hydroxylation sites is 1. The number of piperazine rings is 1. The van der Waals surface area contributed by atoms with Crippen molar-refractivity contribution < 1.29 is 23.1 Å². The van der Waals surface area contributed by atoms with Crippen LogP contribution in [0.4, 0.5) is 5.69 Å². The summed E-state index contributed by atoms with van der Waals surface area (Å²) >= 11 is 0. The molecule has 1 aliphatic carbocycles. The Kier molecular flexibility index (Phi) is 11.9. The van der Waals surface area contributed by atoms with Crippen LogP contribution in [0, 0.1) is 0 Å². The number of aliphatic hydroxyl groups is 1. The minimum Gasteiger partial charge on any atom is -0.390 e. The lowest BCUT2D eigenvalue weighted by Crippen LogP contribution is -2.73. The van der Waals surface area contributed by atoms with Crippen LogP contribution in [0.1, 0.15) is 84.0 Å². The summed E-state index contributed by atoms with van der Waals surface area (Å²) < 4.78 is 26.2. The molecule has 1 saturated carbocycles. The second kappa shape index (κ2) is 14.5. The smallest absolute Gasteiger partial charge is 0.246 e. The highest BCUT2D eigenvalue weighted by Gasteiger charge is 2.54. The number of amides is 2. The standard InChI is InChI=1S/C30H48N4O5S.ClH/c1-3-4-20-33-27(35)26(24-29(37)15-9-6-10-16-29)31-28(36)30(33)17-22-32(23-18-30)19-11-12-21-34(40(2,38)39)25-13-7-5-8-14-25;/h5,7-8,13-14,26,37H,3-4,6,9-12,15-24H2,1-2H3,(H,31,36);1H/t26-;/m1./s1. The van der Waals surface area contributed by atoms with Crippen molar-refractivity contribution in [3.05, 3.63) is 30.3 Å². The number of unbranched alkanes of at least 4 members (excludes halogenated alkanes) is 2. The second-order valence-corrected chi connectivity index (χ2v) is 14.0. The van der Waals surface area contributed by atoms with Crippen LogP contribution >= 0.6 is 12.4 Å². The fourth-order valence-electron chi connectivity index (χ4n) is 6.76. The number of carbonyl (C=O) groups is 2. The molecule has 1 aromatic carbocycles. The third-order valence-electron chi connectivity index (χ3n) is 9.13. The monoisotopic (exact) mass is 612 g/mol. The molecule has 2 N–H and O–H groups in total. The molecule has 9 nitrogen and oxygen atoms in total. The van der Waals surface area contributed by atoms with E-state index in [2.05, 4.69) is 17.1 Å². The highest BCUT2D eigenvalue weighted by Crippen LogP contribution is 2.37. The minimum absolute atomic E-state index is 0. The molecule has 4 rings (SSSR count). The van der Waals surface area contributed by atoms with Crippen molar-refractivity contribution in [2.45, 2.75) is 101 Å². The summed E-state index contributed by atoms with van der Waals surface area (Å²) in [5, 5.41) is 14.2. The molecule has 1 spiro atoms. The zero-order valence-electron chi connectivity index (χ0n) is 24.7. The lowest BCUT2D eigenvalue weighted by atomic mass is 9.77. The predicted molar refractivity (Wildman–Crippen MR) is 165 cm³/mol. The van der Waals surface area contributed by atoms with Gasteiger partial charge in [0.15, 0.2) is 0 Å². The van der Waals surface area contributed by atoms with E-state index < -0.39 is 27.2 Å². The number of hydrogen-bond donors (Lipinski definition) is 2. The minimum atomic E-state index is -3.36. The number of nitrogens with zero attached hydrogens (tertiary/aromatic N) is 3. The molecule has 0 bridgehead atoms. The number of carbonyl (C=O) groups excluding carboxylic acids is 2. The van der Waals surface area contributed by atoms with Gasteiger partial charge in [0.25, 0.3) is 0 Å². The van der Waals surface area contributed by atoms with Gasteiger partial charge >= 0.3 is 0 Å². The van der Waals surface area contributed by atoms with Crippen molar-refractivity contribution in [1.82, 2.24) is 15.1 Å². The molecule has 2 saturated heterocycles. The first-order chi connectivity index (χ1) is 19.1. The predicted octanol–water partition coefficient (Wildman–Crippen LogP) is 3.70. The van der Waals surface area contributed by atoms with E-state index >= 15 is 0 Å². The molecule has 3 aliphatic rings. The summed E-state index contributed by atoms with van der Waals surface area (Å²) in [7, 11) is -3.36. The topological polar surface area (TPSA) is 110 Å². The van der Waals surface area contributed by atoms with Crippen molar-refractivity contribution in [3.8, 4) is 0 Å². The van der Waals surface area contributed by atoms with Gasteiger partial charge in [0.1, 0.15) is 11.6 Å². The third kappa shape index (κ3) is 8.15. The van der Waals surface area contributed by atoms with Crippen molar-refractivity contribution >= 4 is 39.9 Å². The Morgan fingerprint density at radius 1 is 0.976 bits per heavy atom. The summed E-state index contributed by atoms with van der Waals surface area (Å²) in [6, 6.07) is 8.52. The van der Waals surface area contributed by atoms with Crippen LogP contribution in [0.2, 0.25) is 0 Å². The molecule has 41 heavy (non-hydrogen) atoms. The van der Waals surface area contributed by atoms with E-state index in [1.165, 1.54) is 10.6 Å². The Balaban J connectivity index is 0.00000462. The first-order valence-corrected chi connectivity index (χ1v) is 17.0. The van der Waals surface area contributed by atoms with Crippen molar-refractivity contribution in [2.75, 3.05) is 43.3 Å². The molecule has 0 radical (unpaired) electrons. The molecule has 2 aliphatic heterocycles. The molecule has 0 unspecified atom stereocenters. The number of anilines is 1. The van der Waals surface area contributed by atoms with Gasteiger partial charge in [-0.2, -0.15) is 0 Å². The van der Waals surface area contributed by atoms with Gasteiger partial charge in [-0.15, -0.1) is 12.4 Å². The molecule has 11 heteroatoms. The van der Waals surface area contributed by atoms with Gasteiger partial charge in [0.2, 0.25) is 21.8 Å². The number of benzene rings is 1. The average Bonchev–Trinajstić information content (AvgIpc) is 2.92. The van der Waals surface area contributed by atoms with Crippen molar-refractivity contribution in [1.29, 1.82) is 0 Å². The SMILES string of the molecule is CCCCN1C(=O)[C@@H](CC2(O)CCCCC2)NC(=O)C12CCN(CCCCN(c1ccccc1)S(C)(=O)=O)CC2.Cl. The van der Waals surface area contributed by atoms with Crippen LogP contribution in [0.25, 0.3) is 0 Å². The number of hydrogen-bond acceptors (Lipinski definition) is 6. The molecule has 3 fully saturated rings. The van der Waals surface area contributed by atoms with Gasteiger partial charge in [-0.25, -0.2) is 8.42 Å². The second-order valence-electron chi connectivity index (χ2n) is 12.1. The van der Waals surface area contributed by atoms with E-state index in [1.54, 1.807) is 0 Å². The van der Waals surface area contributed by atoms with Crippen LogP contribution in [-0.2, 0) is 19.6 Å². The summed E-state index contributed by atoms with van der Waals surface area (Å²) in [5.41, 5.74) is -1.02. The number of piperidine rings is 1. The highest BCUT2D eigenvalue weighted by molar-refractivity contribution is 7.92. The molecular weight excluding hydrogens is 564 g/mol. The summed E-state index contributed by atoms with van der Waals surface area (Å²) in [5.74, 6) is -0.110.